The third-order valence-electron chi connectivity index (χ3n) is 4.83. The number of carbonyl (C=O) groups is 2. The molecular formula is C15H26N2O3. The Morgan fingerprint density at radius 1 is 1.25 bits per heavy atom. The van der Waals surface area contributed by atoms with Crippen LogP contribution in [0.3, 0.4) is 0 Å². The lowest BCUT2D eigenvalue weighted by Crippen LogP contribution is -2.56. The highest BCUT2D eigenvalue weighted by molar-refractivity contribution is 5.88. The van der Waals surface area contributed by atoms with Gasteiger partial charge in [-0.1, -0.05) is 33.6 Å². The quantitative estimate of drug-likeness (QED) is 0.806. The second-order valence-corrected chi connectivity index (χ2v) is 7.29. The third kappa shape index (κ3) is 2.68. The Morgan fingerprint density at radius 2 is 1.85 bits per heavy atom. The number of hydrogen-bond acceptors (Lipinski definition) is 3. The van der Waals surface area contributed by atoms with Crippen molar-refractivity contribution < 1.29 is 14.7 Å². The smallest absolute Gasteiger partial charge is 0.326 e. The molecule has 20 heavy (non-hydrogen) atoms. The van der Waals surface area contributed by atoms with Crippen molar-refractivity contribution in [2.24, 2.45) is 17.1 Å². The summed E-state index contributed by atoms with van der Waals surface area (Å²) in [5, 5.41) is 9.43. The molecule has 2 aliphatic rings. The number of rotatable bonds is 2. The summed E-state index contributed by atoms with van der Waals surface area (Å²) in [6, 6.07) is -1.26. The fourth-order valence-corrected chi connectivity index (χ4v) is 3.53. The Hall–Kier alpha value is -1.10. The summed E-state index contributed by atoms with van der Waals surface area (Å²) in [4.78, 5) is 25.8. The number of hydrogen-bond donors (Lipinski definition) is 2. The highest BCUT2D eigenvalue weighted by atomic mass is 16.4. The van der Waals surface area contributed by atoms with Crippen LogP contribution in [-0.4, -0.2) is 40.0 Å². The number of carboxylic acid groups (broad SMARTS) is 1. The second kappa shape index (κ2) is 5.35. The Morgan fingerprint density at radius 3 is 2.40 bits per heavy atom. The molecule has 1 saturated carbocycles. The zero-order valence-electron chi connectivity index (χ0n) is 12.6. The summed E-state index contributed by atoms with van der Waals surface area (Å²) in [5.74, 6) is -0.755. The standard InChI is InChI=1S/C15H26N2O3/c1-15(2,3)12(16)13(18)17-10-7-5-4-6-9(10)8-11(17)14(19)20/h9-12H,4-8,16H2,1-3H3,(H,19,20)/t9?,10?,11?,12-/m0/s1. The molecule has 0 aromatic heterocycles. The van der Waals surface area contributed by atoms with Gasteiger partial charge in [0.1, 0.15) is 6.04 Å². The minimum Gasteiger partial charge on any atom is -0.480 e. The SMILES string of the molecule is CC(C)(C)[C@@H](N)C(=O)N1C(C(=O)O)CC2CCCCC21. The van der Waals surface area contributed by atoms with E-state index in [-0.39, 0.29) is 17.4 Å². The summed E-state index contributed by atoms with van der Waals surface area (Å²) in [5.41, 5.74) is 5.72. The molecule has 1 amide bonds. The van der Waals surface area contributed by atoms with E-state index in [0.29, 0.717) is 12.3 Å². The van der Waals surface area contributed by atoms with Crippen LogP contribution >= 0.6 is 0 Å². The van der Waals surface area contributed by atoms with Crippen molar-refractivity contribution >= 4 is 11.9 Å². The minimum atomic E-state index is -0.895. The van der Waals surface area contributed by atoms with Crippen LogP contribution in [0.4, 0.5) is 0 Å². The molecule has 1 saturated heterocycles. The van der Waals surface area contributed by atoms with Crippen molar-refractivity contribution in [3.05, 3.63) is 0 Å². The van der Waals surface area contributed by atoms with Gasteiger partial charge in [0.05, 0.1) is 6.04 Å². The number of aliphatic carboxylic acids is 1. The van der Waals surface area contributed by atoms with Crippen molar-refractivity contribution in [2.75, 3.05) is 0 Å². The molecule has 2 fully saturated rings. The predicted octanol–water partition coefficient (Wildman–Crippen LogP) is 1.60. The molecule has 1 heterocycles. The fourth-order valence-electron chi connectivity index (χ4n) is 3.53. The average Bonchev–Trinajstić information content (AvgIpc) is 2.75. The summed E-state index contributed by atoms with van der Waals surface area (Å²) in [6.07, 6.45) is 4.74. The van der Waals surface area contributed by atoms with Gasteiger partial charge in [-0.2, -0.15) is 0 Å². The molecule has 1 aliphatic carbocycles. The van der Waals surface area contributed by atoms with E-state index in [1.165, 1.54) is 0 Å². The minimum absolute atomic E-state index is 0.0748. The van der Waals surface area contributed by atoms with Crippen LogP contribution < -0.4 is 5.73 Å². The number of carboxylic acids is 1. The molecule has 3 N–H and O–H groups in total. The Bertz CT molecular complexity index is 402. The molecule has 0 aromatic rings. The van der Waals surface area contributed by atoms with Crippen LogP contribution in [0, 0.1) is 11.3 Å². The number of carbonyl (C=O) groups excluding carboxylic acids is 1. The van der Waals surface area contributed by atoms with Gasteiger partial charge in [0.2, 0.25) is 5.91 Å². The number of likely N-dealkylation sites (tertiary alicyclic amines) is 1. The molecule has 5 nitrogen and oxygen atoms in total. The number of amides is 1. The molecule has 0 radical (unpaired) electrons. The first-order valence-corrected chi connectivity index (χ1v) is 7.54. The topological polar surface area (TPSA) is 83.6 Å². The van der Waals surface area contributed by atoms with Crippen LogP contribution in [0.1, 0.15) is 52.9 Å². The maximum atomic E-state index is 12.7. The summed E-state index contributed by atoms with van der Waals surface area (Å²) in [6.45, 7) is 5.75. The number of nitrogens with two attached hydrogens (primary N) is 1. The van der Waals surface area contributed by atoms with E-state index < -0.39 is 18.1 Å². The van der Waals surface area contributed by atoms with Crippen molar-refractivity contribution in [1.29, 1.82) is 0 Å². The molecule has 4 atom stereocenters. The number of fused-ring (bicyclic) bond motifs is 1. The lowest BCUT2D eigenvalue weighted by atomic mass is 9.83. The molecule has 5 heteroatoms. The van der Waals surface area contributed by atoms with Crippen molar-refractivity contribution in [1.82, 2.24) is 4.90 Å². The summed E-state index contributed by atoms with van der Waals surface area (Å²) >= 11 is 0. The molecule has 2 rings (SSSR count). The first kappa shape index (κ1) is 15.3. The number of nitrogens with zero attached hydrogens (tertiary/aromatic N) is 1. The summed E-state index contributed by atoms with van der Waals surface area (Å²) < 4.78 is 0. The molecule has 1 aliphatic heterocycles. The van der Waals surface area contributed by atoms with E-state index in [1.54, 1.807) is 4.90 Å². The van der Waals surface area contributed by atoms with Gasteiger partial charge < -0.3 is 15.7 Å². The van der Waals surface area contributed by atoms with E-state index in [1.807, 2.05) is 20.8 Å². The normalized spacial score (nSPS) is 31.8. The highest BCUT2D eigenvalue weighted by Crippen LogP contribution is 2.40. The van der Waals surface area contributed by atoms with E-state index >= 15 is 0 Å². The van der Waals surface area contributed by atoms with Gasteiger partial charge in [-0.05, 0) is 30.6 Å². The van der Waals surface area contributed by atoms with Gasteiger partial charge in [-0.25, -0.2) is 4.79 Å². The zero-order chi connectivity index (χ0) is 15.1. The lowest BCUT2D eigenvalue weighted by molar-refractivity contribution is -0.151. The molecule has 0 bridgehead atoms. The fraction of sp³-hybridized carbons (Fsp3) is 0.867. The van der Waals surface area contributed by atoms with E-state index in [9.17, 15) is 14.7 Å². The van der Waals surface area contributed by atoms with Gasteiger partial charge >= 0.3 is 5.97 Å². The first-order chi connectivity index (χ1) is 9.23. The Kier molecular flexibility index (Phi) is 4.09. The lowest BCUT2D eigenvalue weighted by Gasteiger charge is -2.37. The van der Waals surface area contributed by atoms with Gasteiger partial charge in [0, 0.05) is 6.04 Å². The van der Waals surface area contributed by atoms with Crippen molar-refractivity contribution in [3.63, 3.8) is 0 Å². The molecule has 0 spiro atoms. The van der Waals surface area contributed by atoms with Crippen molar-refractivity contribution in [2.45, 2.75) is 71.0 Å². The summed E-state index contributed by atoms with van der Waals surface area (Å²) in [7, 11) is 0. The van der Waals surface area contributed by atoms with E-state index in [4.69, 9.17) is 5.73 Å². The van der Waals surface area contributed by atoms with Crippen LogP contribution in [0.5, 0.6) is 0 Å². The Balaban J connectivity index is 2.25. The third-order valence-corrected chi connectivity index (χ3v) is 4.83. The maximum absolute atomic E-state index is 12.7. The maximum Gasteiger partial charge on any atom is 0.326 e. The van der Waals surface area contributed by atoms with Crippen LogP contribution in [0.25, 0.3) is 0 Å². The predicted molar refractivity (Wildman–Crippen MR) is 76.1 cm³/mol. The van der Waals surface area contributed by atoms with Crippen LogP contribution in [0.15, 0.2) is 0 Å². The monoisotopic (exact) mass is 282 g/mol. The van der Waals surface area contributed by atoms with Crippen LogP contribution in [-0.2, 0) is 9.59 Å². The molecular weight excluding hydrogens is 256 g/mol. The van der Waals surface area contributed by atoms with Gasteiger partial charge in [-0.15, -0.1) is 0 Å². The molecule has 0 aromatic carbocycles. The average molecular weight is 282 g/mol. The van der Waals surface area contributed by atoms with E-state index in [2.05, 4.69) is 0 Å². The molecule has 3 unspecified atom stereocenters. The van der Waals surface area contributed by atoms with Gasteiger partial charge in [-0.3, -0.25) is 4.79 Å². The Labute approximate surface area is 120 Å². The van der Waals surface area contributed by atoms with Crippen molar-refractivity contribution in [3.8, 4) is 0 Å². The van der Waals surface area contributed by atoms with Gasteiger partial charge in [0.15, 0.2) is 0 Å². The van der Waals surface area contributed by atoms with Crippen LogP contribution in [0.2, 0.25) is 0 Å². The highest BCUT2D eigenvalue weighted by Gasteiger charge is 2.49. The van der Waals surface area contributed by atoms with E-state index in [0.717, 1.165) is 25.7 Å². The largest absolute Gasteiger partial charge is 0.480 e. The second-order valence-electron chi connectivity index (χ2n) is 7.29. The molecule has 114 valence electrons. The van der Waals surface area contributed by atoms with Gasteiger partial charge in [0.25, 0.3) is 0 Å². The zero-order valence-corrected chi connectivity index (χ0v) is 12.6. The first-order valence-electron chi connectivity index (χ1n) is 7.54.